The standard InChI is InChI=1S/C33H54O13/c1-7-43-29(34)24-45-30-25(2)26(3)31-28(27(30)4)8-9-33(5,46-31)32(35)44-23-22-42-21-20-41-19-18-40-17-16-39-15-14-38-13-12-37-11-10-36-6/h7-24H2,1-6H3. The average Bonchev–Trinajstić information content (AvgIpc) is 3.04. The summed E-state index contributed by atoms with van der Waals surface area (Å²) in [7, 11) is 1.64. The smallest absolute Gasteiger partial charge is 0.350 e. The van der Waals surface area contributed by atoms with Crippen molar-refractivity contribution < 1.29 is 61.7 Å². The molecule has 264 valence electrons. The van der Waals surface area contributed by atoms with Gasteiger partial charge in [-0.25, -0.2) is 9.59 Å². The van der Waals surface area contributed by atoms with E-state index >= 15 is 0 Å². The number of carbonyl (C=O) groups excluding carboxylic acids is 2. The summed E-state index contributed by atoms with van der Waals surface area (Å²) in [6, 6.07) is 0. The lowest BCUT2D eigenvalue weighted by molar-refractivity contribution is -0.164. The van der Waals surface area contributed by atoms with Crippen molar-refractivity contribution in [3.8, 4) is 11.5 Å². The molecule has 1 aliphatic rings. The van der Waals surface area contributed by atoms with Gasteiger partial charge in [0.25, 0.3) is 0 Å². The van der Waals surface area contributed by atoms with Crippen LogP contribution in [0.5, 0.6) is 11.5 Å². The van der Waals surface area contributed by atoms with E-state index in [0.717, 1.165) is 22.3 Å². The van der Waals surface area contributed by atoms with E-state index in [2.05, 4.69) is 0 Å². The zero-order chi connectivity index (χ0) is 33.6. The molecule has 0 aromatic heterocycles. The number of ether oxygens (including phenoxy) is 11. The molecule has 46 heavy (non-hydrogen) atoms. The molecule has 0 bridgehead atoms. The van der Waals surface area contributed by atoms with Gasteiger partial charge in [-0.05, 0) is 57.7 Å². The fourth-order valence-electron chi connectivity index (χ4n) is 4.62. The van der Waals surface area contributed by atoms with Crippen molar-refractivity contribution in [2.24, 2.45) is 0 Å². The van der Waals surface area contributed by atoms with Gasteiger partial charge in [0.05, 0.1) is 92.5 Å². The van der Waals surface area contributed by atoms with Crippen molar-refractivity contribution in [1.82, 2.24) is 0 Å². The number of methoxy groups -OCH3 is 1. The Morgan fingerprint density at radius 1 is 0.674 bits per heavy atom. The van der Waals surface area contributed by atoms with Gasteiger partial charge in [0.2, 0.25) is 5.60 Å². The predicted octanol–water partition coefficient (Wildman–Crippen LogP) is 2.93. The minimum Gasteiger partial charge on any atom is -0.481 e. The highest BCUT2D eigenvalue weighted by Gasteiger charge is 2.42. The zero-order valence-electron chi connectivity index (χ0n) is 28.5. The fourth-order valence-corrected chi connectivity index (χ4v) is 4.62. The highest BCUT2D eigenvalue weighted by atomic mass is 16.6. The maximum atomic E-state index is 13.0. The summed E-state index contributed by atoms with van der Waals surface area (Å²) >= 11 is 0. The lowest BCUT2D eigenvalue weighted by Gasteiger charge is -2.36. The summed E-state index contributed by atoms with van der Waals surface area (Å²) in [5.41, 5.74) is 2.45. The van der Waals surface area contributed by atoms with Gasteiger partial charge in [-0.15, -0.1) is 0 Å². The van der Waals surface area contributed by atoms with E-state index in [1.807, 2.05) is 20.8 Å². The molecule has 0 spiro atoms. The molecular weight excluding hydrogens is 604 g/mol. The van der Waals surface area contributed by atoms with Crippen molar-refractivity contribution in [1.29, 1.82) is 0 Å². The molecule has 0 saturated carbocycles. The molecule has 0 radical (unpaired) electrons. The number of carbonyl (C=O) groups is 2. The van der Waals surface area contributed by atoms with Crippen LogP contribution < -0.4 is 9.47 Å². The molecule has 1 atom stereocenters. The van der Waals surface area contributed by atoms with Crippen molar-refractivity contribution in [3.05, 3.63) is 22.3 Å². The molecule has 2 rings (SSSR count). The Labute approximate surface area is 273 Å². The highest BCUT2D eigenvalue weighted by molar-refractivity contribution is 5.80. The third-order valence-corrected chi connectivity index (χ3v) is 7.31. The van der Waals surface area contributed by atoms with E-state index in [-0.39, 0.29) is 19.8 Å². The summed E-state index contributed by atoms with van der Waals surface area (Å²) in [6.07, 6.45) is 1.05. The Bertz CT molecular complexity index is 1030. The summed E-state index contributed by atoms with van der Waals surface area (Å²) in [4.78, 5) is 24.8. The van der Waals surface area contributed by atoms with E-state index in [1.54, 1.807) is 21.0 Å². The van der Waals surface area contributed by atoms with Gasteiger partial charge in [-0.1, -0.05) is 0 Å². The molecule has 1 aromatic rings. The van der Waals surface area contributed by atoms with Crippen molar-refractivity contribution >= 4 is 11.9 Å². The number of rotatable bonds is 26. The van der Waals surface area contributed by atoms with Gasteiger partial charge in [0.1, 0.15) is 18.1 Å². The van der Waals surface area contributed by atoms with Crippen LogP contribution in [0.4, 0.5) is 0 Å². The number of esters is 2. The van der Waals surface area contributed by atoms with E-state index in [4.69, 9.17) is 52.1 Å². The molecule has 13 nitrogen and oxygen atoms in total. The molecule has 0 N–H and O–H groups in total. The van der Waals surface area contributed by atoms with Crippen LogP contribution >= 0.6 is 0 Å². The van der Waals surface area contributed by atoms with Crippen LogP contribution in [-0.2, 0) is 58.6 Å². The second kappa shape index (κ2) is 22.9. The van der Waals surface area contributed by atoms with Gasteiger partial charge < -0.3 is 52.1 Å². The summed E-state index contributed by atoms with van der Waals surface area (Å²) in [5.74, 6) is 0.451. The normalized spacial score (nSPS) is 15.7. The van der Waals surface area contributed by atoms with Crippen molar-refractivity contribution in [2.45, 2.75) is 53.1 Å². The molecule has 1 unspecified atom stereocenters. The number of hydrogen-bond donors (Lipinski definition) is 0. The molecule has 0 fully saturated rings. The molecule has 0 aliphatic carbocycles. The topological polar surface area (TPSA) is 136 Å². The first-order chi connectivity index (χ1) is 22.2. The van der Waals surface area contributed by atoms with E-state index < -0.39 is 17.5 Å². The maximum Gasteiger partial charge on any atom is 0.350 e. The Morgan fingerprint density at radius 2 is 1.15 bits per heavy atom. The quantitative estimate of drug-likeness (QED) is 0.107. The Morgan fingerprint density at radius 3 is 1.63 bits per heavy atom. The van der Waals surface area contributed by atoms with E-state index in [9.17, 15) is 9.59 Å². The molecular formula is C33H54O13. The van der Waals surface area contributed by atoms with Crippen LogP contribution in [0.25, 0.3) is 0 Å². The first-order valence-electron chi connectivity index (χ1n) is 16.0. The number of hydrogen-bond acceptors (Lipinski definition) is 13. The van der Waals surface area contributed by atoms with Crippen molar-refractivity contribution in [2.75, 3.05) is 113 Å². The monoisotopic (exact) mass is 658 g/mol. The molecule has 1 heterocycles. The van der Waals surface area contributed by atoms with E-state index in [1.165, 1.54) is 0 Å². The minimum absolute atomic E-state index is 0.110. The molecule has 0 saturated heterocycles. The zero-order valence-corrected chi connectivity index (χ0v) is 28.5. The third kappa shape index (κ3) is 14.1. The maximum absolute atomic E-state index is 13.0. The Balaban J connectivity index is 1.53. The Kier molecular flexibility index (Phi) is 19.8. The van der Waals surface area contributed by atoms with Crippen LogP contribution in [0.1, 0.15) is 42.5 Å². The van der Waals surface area contributed by atoms with Crippen LogP contribution in [-0.4, -0.2) is 130 Å². The second-order valence-corrected chi connectivity index (χ2v) is 10.7. The van der Waals surface area contributed by atoms with E-state index in [0.29, 0.717) is 110 Å². The first kappa shape index (κ1) is 39.7. The summed E-state index contributed by atoms with van der Waals surface area (Å²) in [6.45, 7) is 15.6. The third-order valence-electron chi connectivity index (χ3n) is 7.31. The summed E-state index contributed by atoms with van der Waals surface area (Å²) < 4.78 is 60.1. The van der Waals surface area contributed by atoms with Gasteiger partial charge in [0.15, 0.2) is 6.61 Å². The highest BCUT2D eigenvalue weighted by Crippen LogP contribution is 2.44. The lowest BCUT2D eigenvalue weighted by atomic mass is 9.87. The Hall–Kier alpha value is -2.52. The SMILES string of the molecule is CCOC(=O)COc1c(C)c(C)c2c(c1C)CCC(C)(C(=O)OCCOCCOCCOCCOCCOCCOCCOC)O2. The largest absolute Gasteiger partial charge is 0.481 e. The molecule has 1 aromatic carbocycles. The fraction of sp³-hybridized carbons (Fsp3) is 0.758. The lowest BCUT2D eigenvalue weighted by Crippen LogP contribution is -2.46. The van der Waals surface area contributed by atoms with Crippen LogP contribution in [0.3, 0.4) is 0 Å². The van der Waals surface area contributed by atoms with Crippen LogP contribution in [0.15, 0.2) is 0 Å². The van der Waals surface area contributed by atoms with Gasteiger partial charge in [0, 0.05) is 19.1 Å². The van der Waals surface area contributed by atoms with Crippen LogP contribution in [0, 0.1) is 20.8 Å². The summed E-state index contributed by atoms with van der Waals surface area (Å²) in [5, 5.41) is 0. The first-order valence-corrected chi connectivity index (χ1v) is 16.0. The minimum atomic E-state index is -1.12. The molecule has 1 aliphatic heterocycles. The molecule has 0 amide bonds. The number of fused-ring (bicyclic) bond motifs is 1. The second-order valence-electron chi connectivity index (χ2n) is 10.7. The van der Waals surface area contributed by atoms with Gasteiger partial charge >= 0.3 is 11.9 Å². The number of benzene rings is 1. The predicted molar refractivity (Wildman–Crippen MR) is 168 cm³/mol. The van der Waals surface area contributed by atoms with Gasteiger partial charge in [-0.2, -0.15) is 0 Å². The molecule has 13 heteroatoms. The average molecular weight is 659 g/mol. The van der Waals surface area contributed by atoms with Crippen LogP contribution in [0.2, 0.25) is 0 Å². The van der Waals surface area contributed by atoms with Gasteiger partial charge in [-0.3, -0.25) is 0 Å². The van der Waals surface area contributed by atoms with Crippen molar-refractivity contribution in [3.63, 3.8) is 0 Å².